The van der Waals surface area contributed by atoms with Crippen molar-refractivity contribution in [2.45, 2.75) is 78.6 Å². The zero-order valence-electron chi connectivity index (χ0n) is 14.2. The molecule has 0 aromatic rings. The van der Waals surface area contributed by atoms with E-state index in [2.05, 4.69) is 26.8 Å². The van der Waals surface area contributed by atoms with Crippen LogP contribution in [0.25, 0.3) is 0 Å². The van der Waals surface area contributed by atoms with Gasteiger partial charge in [0, 0.05) is 13.1 Å². The minimum Gasteiger partial charge on any atom is -0.341 e. The fourth-order valence-corrected chi connectivity index (χ4v) is 3.72. The molecule has 0 aromatic carbocycles. The SMILES string of the molecule is CCCC1CCCN(C(=O)C(C#N)(CCC)CCC)CC1. The predicted octanol–water partition coefficient (Wildman–Crippen LogP) is 4.53. The molecular weight excluding hydrogens is 260 g/mol. The molecule has 1 rings (SSSR count). The highest BCUT2D eigenvalue weighted by molar-refractivity contribution is 5.85. The van der Waals surface area contributed by atoms with E-state index >= 15 is 0 Å². The molecule has 0 N–H and O–H groups in total. The van der Waals surface area contributed by atoms with E-state index in [0.717, 1.165) is 44.7 Å². The van der Waals surface area contributed by atoms with Crippen molar-refractivity contribution in [1.29, 1.82) is 5.26 Å². The van der Waals surface area contributed by atoms with Crippen molar-refractivity contribution in [2.24, 2.45) is 11.3 Å². The monoisotopic (exact) mass is 292 g/mol. The first kappa shape index (κ1) is 18.0. The largest absolute Gasteiger partial charge is 0.341 e. The molecular formula is C18H32N2O. The fraction of sp³-hybridized carbons (Fsp3) is 0.889. The second-order valence-electron chi connectivity index (χ2n) is 6.57. The molecule has 1 amide bonds. The molecule has 0 bridgehead atoms. The Labute approximate surface area is 130 Å². The molecule has 1 aliphatic heterocycles. The second-order valence-corrected chi connectivity index (χ2v) is 6.57. The maximum atomic E-state index is 13.0. The summed E-state index contributed by atoms with van der Waals surface area (Å²) in [6, 6.07) is 2.38. The lowest BCUT2D eigenvalue weighted by Gasteiger charge is -2.31. The van der Waals surface area contributed by atoms with Crippen LogP contribution in [0.15, 0.2) is 0 Å². The van der Waals surface area contributed by atoms with Gasteiger partial charge < -0.3 is 4.90 Å². The highest BCUT2D eigenvalue weighted by atomic mass is 16.2. The van der Waals surface area contributed by atoms with E-state index in [4.69, 9.17) is 0 Å². The Morgan fingerprint density at radius 3 is 2.33 bits per heavy atom. The number of amides is 1. The molecule has 0 aliphatic carbocycles. The Morgan fingerprint density at radius 1 is 1.14 bits per heavy atom. The zero-order chi connectivity index (χ0) is 15.7. The van der Waals surface area contributed by atoms with Gasteiger partial charge in [0.2, 0.25) is 5.91 Å². The van der Waals surface area contributed by atoms with Crippen molar-refractivity contribution in [3.63, 3.8) is 0 Å². The number of carbonyl (C=O) groups excluding carboxylic acids is 1. The van der Waals surface area contributed by atoms with Crippen molar-refractivity contribution in [3.8, 4) is 6.07 Å². The summed E-state index contributed by atoms with van der Waals surface area (Å²) in [6.07, 6.45) is 9.13. The first-order chi connectivity index (χ1) is 10.1. The number of hydrogen-bond donors (Lipinski definition) is 0. The lowest BCUT2D eigenvalue weighted by atomic mass is 9.79. The third kappa shape index (κ3) is 4.73. The van der Waals surface area contributed by atoms with Crippen LogP contribution >= 0.6 is 0 Å². The lowest BCUT2D eigenvalue weighted by molar-refractivity contribution is -0.139. The fourth-order valence-electron chi connectivity index (χ4n) is 3.72. The summed E-state index contributed by atoms with van der Waals surface area (Å²) in [5, 5.41) is 9.65. The second kappa shape index (κ2) is 9.07. The Morgan fingerprint density at radius 2 is 1.81 bits per heavy atom. The Balaban J connectivity index is 2.77. The number of likely N-dealkylation sites (tertiary alicyclic amines) is 1. The number of nitriles is 1. The van der Waals surface area contributed by atoms with Crippen molar-refractivity contribution in [2.75, 3.05) is 13.1 Å². The first-order valence-corrected chi connectivity index (χ1v) is 8.84. The molecule has 120 valence electrons. The Hall–Kier alpha value is -1.04. The van der Waals surface area contributed by atoms with Crippen LogP contribution in [0.5, 0.6) is 0 Å². The van der Waals surface area contributed by atoms with Crippen LogP contribution in [0.2, 0.25) is 0 Å². The van der Waals surface area contributed by atoms with Crippen molar-refractivity contribution >= 4 is 5.91 Å². The predicted molar refractivity (Wildman–Crippen MR) is 86.7 cm³/mol. The van der Waals surface area contributed by atoms with Gasteiger partial charge in [-0.2, -0.15) is 5.26 Å². The third-order valence-corrected chi connectivity index (χ3v) is 4.81. The number of nitrogens with zero attached hydrogens (tertiary/aromatic N) is 2. The Bertz CT molecular complexity index is 353. The van der Waals surface area contributed by atoms with Crippen molar-refractivity contribution in [3.05, 3.63) is 0 Å². The average molecular weight is 292 g/mol. The minimum absolute atomic E-state index is 0.103. The van der Waals surface area contributed by atoms with Crippen LogP contribution in [-0.4, -0.2) is 23.9 Å². The summed E-state index contributed by atoms with van der Waals surface area (Å²) in [5.74, 6) is 0.868. The van der Waals surface area contributed by atoms with Gasteiger partial charge in [-0.3, -0.25) is 4.79 Å². The van der Waals surface area contributed by atoms with E-state index in [9.17, 15) is 10.1 Å². The van der Waals surface area contributed by atoms with Gasteiger partial charge >= 0.3 is 0 Å². The van der Waals surface area contributed by atoms with E-state index in [1.165, 1.54) is 19.3 Å². The van der Waals surface area contributed by atoms with Crippen LogP contribution in [0.1, 0.15) is 78.6 Å². The highest BCUT2D eigenvalue weighted by Crippen LogP contribution is 2.33. The molecule has 21 heavy (non-hydrogen) atoms. The molecule has 1 fully saturated rings. The van der Waals surface area contributed by atoms with Crippen LogP contribution in [0.3, 0.4) is 0 Å². The molecule has 3 heteroatoms. The number of carbonyl (C=O) groups is 1. The van der Waals surface area contributed by atoms with Crippen LogP contribution < -0.4 is 0 Å². The van der Waals surface area contributed by atoms with Gasteiger partial charge in [-0.15, -0.1) is 0 Å². The lowest BCUT2D eigenvalue weighted by Crippen LogP contribution is -2.44. The van der Waals surface area contributed by atoms with Gasteiger partial charge in [0.15, 0.2) is 0 Å². The van der Waals surface area contributed by atoms with Gasteiger partial charge in [-0.25, -0.2) is 0 Å². The normalized spacial score (nSPS) is 19.9. The van der Waals surface area contributed by atoms with Crippen LogP contribution in [0.4, 0.5) is 0 Å². The number of hydrogen-bond acceptors (Lipinski definition) is 2. The summed E-state index contributed by atoms with van der Waals surface area (Å²) in [5.41, 5.74) is -0.770. The van der Waals surface area contributed by atoms with Gasteiger partial charge in [0.05, 0.1) is 6.07 Å². The van der Waals surface area contributed by atoms with Gasteiger partial charge in [0.25, 0.3) is 0 Å². The molecule has 0 saturated carbocycles. The maximum absolute atomic E-state index is 13.0. The standard InChI is InChI=1S/C18H32N2O/c1-4-8-16-9-7-13-20(14-10-16)17(21)18(15-19,11-5-2)12-6-3/h16H,4-14H2,1-3H3. The van der Waals surface area contributed by atoms with E-state index in [1.807, 2.05) is 4.90 Å². The molecule has 1 heterocycles. The summed E-state index contributed by atoms with van der Waals surface area (Å²) >= 11 is 0. The van der Waals surface area contributed by atoms with Crippen LogP contribution in [0, 0.1) is 22.7 Å². The molecule has 1 saturated heterocycles. The molecule has 0 spiro atoms. The summed E-state index contributed by atoms with van der Waals surface area (Å²) in [7, 11) is 0. The number of rotatable bonds is 7. The van der Waals surface area contributed by atoms with E-state index in [-0.39, 0.29) is 5.91 Å². The summed E-state index contributed by atoms with van der Waals surface area (Å²) in [6.45, 7) is 8.05. The molecule has 0 aromatic heterocycles. The summed E-state index contributed by atoms with van der Waals surface area (Å²) < 4.78 is 0. The summed E-state index contributed by atoms with van der Waals surface area (Å²) in [4.78, 5) is 14.9. The van der Waals surface area contributed by atoms with Gasteiger partial charge in [-0.1, -0.05) is 46.5 Å². The van der Waals surface area contributed by atoms with Gasteiger partial charge in [0.1, 0.15) is 5.41 Å². The molecule has 0 radical (unpaired) electrons. The smallest absolute Gasteiger partial charge is 0.243 e. The molecule has 3 nitrogen and oxygen atoms in total. The third-order valence-electron chi connectivity index (χ3n) is 4.81. The Kier molecular flexibility index (Phi) is 7.78. The maximum Gasteiger partial charge on any atom is 0.243 e. The average Bonchev–Trinajstić information content (AvgIpc) is 2.72. The minimum atomic E-state index is -0.770. The van der Waals surface area contributed by atoms with Crippen LogP contribution in [-0.2, 0) is 4.79 Å². The highest BCUT2D eigenvalue weighted by Gasteiger charge is 2.40. The van der Waals surface area contributed by atoms with E-state index < -0.39 is 5.41 Å². The first-order valence-electron chi connectivity index (χ1n) is 8.84. The molecule has 1 atom stereocenters. The van der Waals surface area contributed by atoms with Crippen molar-refractivity contribution < 1.29 is 4.79 Å². The topological polar surface area (TPSA) is 44.1 Å². The molecule has 1 aliphatic rings. The van der Waals surface area contributed by atoms with E-state index in [1.54, 1.807) is 0 Å². The quantitative estimate of drug-likeness (QED) is 0.692. The zero-order valence-corrected chi connectivity index (χ0v) is 14.2. The van der Waals surface area contributed by atoms with Gasteiger partial charge in [-0.05, 0) is 38.0 Å². The van der Waals surface area contributed by atoms with Crippen molar-refractivity contribution in [1.82, 2.24) is 4.90 Å². The van der Waals surface area contributed by atoms with E-state index in [0.29, 0.717) is 12.8 Å². The molecule has 1 unspecified atom stereocenters.